The summed E-state index contributed by atoms with van der Waals surface area (Å²) in [5, 5.41) is 0. The summed E-state index contributed by atoms with van der Waals surface area (Å²) >= 11 is 0. The molecule has 16 heteroatoms. The molecule has 0 heterocycles. The molecule has 0 radical (unpaired) electrons. The van der Waals surface area contributed by atoms with Crippen molar-refractivity contribution in [1.82, 2.24) is 0 Å². The summed E-state index contributed by atoms with van der Waals surface area (Å²) in [6, 6.07) is 39.9. The zero-order chi connectivity index (χ0) is 61.5. The first-order valence-electron chi connectivity index (χ1n) is 29.7. The Morgan fingerprint density at radius 3 is 0.965 bits per heavy atom. The zero-order valence-electron chi connectivity index (χ0n) is 49.2. The summed E-state index contributed by atoms with van der Waals surface area (Å²) in [5.41, 5.74) is 4.31. The predicted octanol–water partition coefficient (Wildman–Crippen LogP) is 19.6. The summed E-state index contributed by atoms with van der Waals surface area (Å²) in [6.45, 7) is 8.56. The van der Waals surface area contributed by atoms with Crippen LogP contribution in [0, 0.1) is 0 Å². The largest absolute Gasteiger partial charge is 0.494 e. The first-order valence-corrected chi connectivity index (χ1v) is 29.7. The van der Waals surface area contributed by atoms with E-state index in [-0.39, 0.29) is 29.0 Å². The molecular weight excluding hydrogens is 1100 g/mol. The molecule has 10 nitrogen and oxygen atoms in total. The molecule has 0 fully saturated rings. The van der Waals surface area contributed by atoms with Crippen LogP contribution in [0.5, 0.6) is 23.0 Å². The molecule has 458 valence electrons. The van der Waals surface area contributed by atoms with E-state index in [0.717, 1.165) is 66.4 Å². The van der Waals surface area contributed by atoms with Gasteiger partial charge in [0.2, 0.25) is 0 Å². The van der Waals surface area contributed by atoms with Crippen LogP contribution in [0.3, 0.4) is 0 Å². The average molecular weight is 1180 g/mol. The quantitative estimate of drug-likeness (QED) is 0.0170. The zero-order valence-corrected chi connectivity index (χ0v) is 49.2. The topological polar surface area (TPSA) is 124 Å². The van der Waals surface area contributed by atoms with E-state index in [4.69, 9.17) is 23.7 Å². The Hall–Kier alpha value is -7.62. The van der Waals surface area contributed by atoms with Crippen LogP contribution >= 0.6 is 0 Å². The Bertz CT molecular complexity index is 2890. The molecule has 0 aliphatic heterocycles. The molecule has 2 atom stereocenters. The monoisotopic (exact) mass is 1180 g/mol. The van der Waals surface area contributed by atoms with Gasteiger partial charge in [-0.25, -0.2) is 19.2 Å². The van der Waals surface area contributed by atoms with Gasteiger partial charge in [0.05, 0.1) is 35.5 Å². The third-order valence-electron chi connectivity index (χ3n) is 13.9. The highest BCUT2D eigenvalue weighted by molar-refractivity contribution is 5.93. The fraction of sp³-hybridized carbons (Fsp3) is 0.420. The van der Waals surface area contributed by atoms with Crippen LogP contribution in [0.4, 0.5) is 26.3 Å². The van der Waals surface area contributed by atoms with Crippen molar-refractivity contribution in [3.63, 3.8) is 0 Å². The molecule has 85 heavy (non-hydrogen) atoms. The fourth-order valence-corrected chi connectivity index (χ4v) is 8.77. The lowest BCUT2D eigenvalue weighted by Crippen LogP contribution is -2.33. The molecule has 2 unspecified atom stereocenters. The molecule has 0 amide bonds. The van der Waals surface area contributed by atoms with Gasteiger partial charge < -0.3 is 28.4 Å². The smallest absolute Gasteiger partial charge is 0.425 e. The highest BCUT2D eigenvalue weighted by Crippen LogP contribution is 2.30. The second-order valence-electron chi connectivity index (χ2n) is 20.8. The SMILES string of the molecule is CCCCCCCCCCOc1ccc(-c2ccc(C(=O)Oc3ccc(C(=O)OC(CCCCCC)C(F)(F)F)cc3)cc2)cc1.CCCCCCCCOc1ccc(-c2ccc(C(=O)Oc3ccc(C(=O)OC(C)C(F)(F)F)cc3)cc2)cc1. The third kappa shape index (κ3) is 24.9. The van der Waals surface area contributed by atoms with Gasteiger partial charge in [0.25, 0.3) is 0 Å². The Morgan fingerprint density at radius 2 is 0.624 bits per heavy atom. The van der Waals surface area contributed by atoms with Gasteiger partial charge in [-0.1, -0.05) is 166 Å². The number of rotatable bonds is 33. The summed E-state index contributed by atoms with van der Waals surface area (Å²) in [6.07, 6.45) is 6.05. The van der Waals surface area contributed by atoms with Crippen LogP contribution in [-0.4, -0.2) is 61.7 Å². The lowest BCUT2D eigenvalue weighted by molar-refractivity contribution is -0.206. The number of halogens is 6. The van der Waals surface area contributed by atoms with Crippen LogP contribution in [0.2, 0.25) is 0 Å². The highest BCUT2D eigenvalue weighted by atomic mass is 19.4. The van der Waals surface area contributed by atoms with Crippen molar-refractivity contribution in [2.75, 3.05) is 13.2 Å². The van der Waals surface area contributed by atoms with Gasteiger partial charge in [-0.05, 0) is 152 Å². The number of hydrogen-bond donors (Lipinski definition) is 0. The Balaban J connectivity index is 0.000000315. The summed E-state index contributed by atoms with van der Waals surface area (Å²) < 4.78 is 110. The van der Waals surface area contributed by atoms with Crippen molar-refractivity contribution in [3.8, 4) is 45.3 Å². The average Bonchev–Trinajstić information content (AvgIpc) is 3.71. The fourth-order valence-electron chi connectivity index (χ4n) is 8.77. The van der Waals surface area contributed by atoms with Crippen molar-refractivity contribution in [3.05, 3.63) is 168 Å². The van der Waals surface area contributed by atoms with Gasteiger partial charge in [-0.3, -0.25) is 0 Å². The number of alkyl halides is 6. The molecule has 0 aromatic heterocycles. The van der Waals surface area contributed by atoms with E-state index in [2.05, 4.69) is 18.6 Å². The van der Waals surface area contributed by atoms with Crippen LogP contribution < -0.4 is 18.9 Å². The van der Waals surface area contributed by atoms with E-state index in [0.29, 0.717) is 37.2 Å². The van der Waals surface area contributed by atoms with Crippen molar-refractivity contribution >= 4 is 23.9 Å². The lowest BCUT2D eigenvalue weighted by atomic mass is 10.0. The lowest BCUT2D eigenvalue weighted by Gasteiger charge is -2.20. The van der Waals surface area contributed by atoms with E-state index in [9.17, 15) is 45.5 Å². The molecule has 6 rings (SSSR count). The minimum Gasteiger partial charge on any atom is -0.494 e. The molecular formula is C69H80F6O10. The number of carbonyl (C=O) groups excluding carboxylic acids is 4. The molecule has 0 bridgehead atoms. The summed E-state index contributed by atoms with van der Waals surface area (Å²) in [5.74, 6) is -1.46. The van der Waals surface area contributed by atoms with E-state index in [1.807, 2.05) is 79.7 Å². The van der Waals surface area contributed by atoms with Gasteiger partial charge in [-0.15, -0.1) is 0 Å². The minimum absolute atomic E-state index is 0.0588. The molecule has 0 saturated carbocycles. The summed E-state index contributed by atoms with van der Waals surface area (Å²) in [4.78, 5) is 49.5. The van der Waals surface area contributed by atoms with Crippen LogP contribution in [0.15, 0.2) is 146 Å². The molecule has 6 aromatic carbocycles. The molecule has 0 aliphatic carbocycles. The maximum Gasteiger partial charge on any atom is 0.425 e. The van der Waals surface area contributed by atoms with Crippen molar-refractivity contribution in [2.24, 2.45) is 0 Å². The predicted molar refractivity (Wildman–Crippen MR) is 318 cm³/mol. The summed E-state index contributed by atoms with van der Waals surface area (Å²) in [7, 11) is 0. The molecule has 0 spiro atoms. The molecule has 0 N–H and O–H groups in total. The first-order chi connectivity index (χ1) is 40.9. The van der Waals surface area contributed by atoms with Crippen molar-refractivity contribution < 1.29 is 73.9 Å². The van der Waals surface area contributed by atoms with E-state index < -0.39 is 48.4 Å². The molecule has 0 saturated heterocycles. The van der Waals surface area contributed by atoms with E-state index in [1.54, 1.807) is 24.3 Å². The number of unbranched alkanes of at least 4 members (excludes halogenated alkanes) is 15. The van der Waals surface area contributed by atoms with Gasteiger partial charge in [-0.2, -0.15) is 26.3 Å². The van der Waals surface area contributed by atoms with Crippen molar-refractivity contribution in [1.29, 1.82) is 0 Å². The molecule has 0 aliphatic rings. The maximum absolute atomic E-state index is 13.4. The normalized spacial score (nSPS) is 12.0. The van der Waals surface area contributed by atoms with E-state index >= 15 is 0 Å². The van der Waals surface area contributed by atoms with Crippen molar-refractivity contribution in [2.45, 2.75) is 174 Å². The minimum atomic E-state index is -4.65. The van der Waals surface area contributed by atoms with Gasteiger partial charge in [0, 0.05) is 0 Å². The Morgan fingerprint density at radius 1 is 0.341 bits per heavy atom. The van der Waals surface area contributed by atoms with Crippen LogP contribution in [0.25, 0.3) is 22.3 Å². The van der Waals surface area contributed by atoms with Gasteiger partial charge in [0.15, 0.2) is 12.2 Å². The molecule has 6 aromatic rings. The second kappa shape index (κ2) is 36.3. The number of hydrogen-bond acceptors (Lipinski definition) is 10. The Labute approximate surface area is 496 Å². The third-order valence-corrected chi connectivity index (χ3v) is 13.9. The first kappa shape index (κ1) is 68.2. The number of benzene rings is 6. The highest BCUT2D eigenvalue weighted by Gasteiger charge is 2.42. The standard InChI is InChI=1S/C38H47F3O5.C31H33F3O5/c1-3-5-7-9-10-11-12-14-28-44-33-24-20-30(21-25-33)29-16-18-31(19-17-29)36(42)45-34-26-22-32(23-27-34)37(43)46-35(38(39,40)41)15-13-8-6-4-2;1-3-4-5-6-7-8-21-37-27-17-13-24(14-18-27)23-9-11-25(12-10-23)30(36)39-28-19-15-26(16-20-28)29(35)38-22(2)31(32,33)34/h16-27,35H,3-15,28H2,1-2H3;9-20,22H,3-8,21H2,1-2H3. The number of ether oxygens (including phenoxy) is 6. The Kier molecular flexibility index (Phi) is 29.1. The van der Waals surface area contributed by atoms with Crippen LogP contribution in [0.1, 0.15) is 191 Å². The van der Waals surface area contributed by atoms with Crippen LogP contribution in [-0.2, 0) is 9.47 Å². The maximum atomic E-state index is 13.4. The second-order valence-corrected chi connectivity index (χ2v) is 20.8. The number of carbonyl (C=O) groups is 4. The van der Waals surface area contributed by atoms with Gasteiger partial charge >= 0.3 is 36.2 Å². The number of esters is 4. The van der Waals surface area contributed by atoms with Gasteiger partial charge in [0.1, 0.15) is 23.0 Å². The van der Waals surface area contributed by atoms with E-state index in [1.165, 1.54) is 126 Å².